The predicted octanol–water partition coefficient (Wildman–Crippen LogP) is 4.52. The molecule has 0 aliphatic rings. The van der Waals surface area contributed by atoms with Crippen LogP contribution in [-0.2, 0) is 0 Å². The van der Waals surface area contributed by atoms with E-state index in [0.717, 1.165) is 6.42 Å². The summed E-state index contributed by atoms with van der Waals surface area (Å²) < 4.78 is 0. The standard InChI is InChI=1S/C7H12.C3H6.C2H4/c1-3-5-7-6-4-2;1-3-2;1-2/h3,5-7H,4H2,1-2H3;3H,1H2,2H3;1-2H2. The highest BCUT2D eigenvalue weighted by Gasteiger charge is 1.57. The Labute approximate surface area is 78.0 Å². The smallest absolute Gasteiger partial charge is 0.0376 e. The van der Waals surface area contributed by atoms with Crippen LogP contribution in [-0.4, -0.2) is 0 Å². The predicted molar refractivity (Wildman–Crippen MR) is 61.4 cm³/mol. The lowest BCUT2D eigenvalue weighted by molar-refractivity contribution is 1.22. The van der Waals surface area contributed by atoms with Crippen LogP contribution in [0.2, 0.25) is 0 Å². The number of hydrogen-bond acceptors (Lipinski definition) is 0. The van der Waals surface area contributed by atoms with Gasteiger partial charge < -0.3 is 0 Å². The molecule has 0 atom stereocenters. The van der Waals surface area contributed by atoms with Gasteiger partial charge in [-0.2, -0.15) is 0 Å². The number of allylic oxidation sites excluding steroid dienone is 5. The molecule has 0 bridgehead atoms. The monoisotopic (exact) mass is 166 g/mol. The third kappa shape index (κ3) is 64.8. The molecule has 0 rings (SSSR count). The molecule has 0 aromatic heterocycles. The molecule has 0 saturated carbocycles. The van der Waals surface area contributed by atoms with E-state index in [4.69, 9.17) is 0 Å². The van der Waals surface area contributed by atoms with Gasteiger partial charge in [-0.3, -0.25) is 0 Å². The van der Waals surface area contributed by atoms with E-state index < -0.39 is 0 Å². The lowest BCUT2D eigenvalue weighted by atomic mass is 10.4. The normalized spacial score (nSPS) is 8.25. The van der Waals surface area contributed by atoms with Crippen LogP contribution in [0, 0.1) is 0 Å². The maximum absolute atomic E-state index is 3.36. The molecule has 0 unspecified atom stereocenters. The van der Waals surface area contributed by atoms with Crippen LogP contribution in [0.5, 0.6) is 0 Å². The van der Waals surface area contributed by atoms with Gasteiger partial charge in [0.2, 0.25) is 0 Å². The number of hydrogen-bond donors (Lipinski definition) is 0. The fourth-order valence-electron chi connectivity index (χ4n) is 0.326. The highest BCUT2D eigenvalue weighted by atomic mass is 13.6. The lowest BCUT2D eigenvalue weighted by Gasteiger charge is -1.70. The van der Waals surface area contributed by atoms with E-state index in [1.165, 1.54) is 0 Å². The van der Waals surface area contributed by atoms with Crippen LogP contribution >= 0.6 is 0 Å². The van der Waals surface area contributed by atoms with Crippen LogP contribution in [0.15, 0.2) is 50.1 Å². The summed E-state index contributed by atoms with van der Waals surface area (Å²) in [5.41, 5.74) is 0. The summed E-state index contributed by atoms with van der Waals surface area (Å²) in [5, 5.41) is 0. The molecule has 0 nitrogen and oxygen atoms in total. The Hall–Kier alpha value is -1.04. The van der Waals surface area contributed by atoms with Gasteiger partial charge >= 0.3 is 0 Å². The van der Waals surface area contributed by atoms with E-state index in [1.807, 2.05) is 26.0 Å². The van der Waals surface area contributed by atoms with Gasteiger partial charge in [0, 0.05) is 0 Å². The fourth-order valence-corrected chi connectivity index (χ4v) is 0.326. The molecular weight excluding hydrogens is 144 g/mol. The average molecular weight is 166 g/mol. The van der Waals surface area contributed by atoms with Crippen molar-refractivity contribution in [1.29, 1.82) is 0 Å². The van der Waals surface area contributed by atoms with Crippen molar-refractivity contribution in [2.24, 2.45) is 0 Å². The van der Waals surface area contributed by atoms with Gasteiger partial charge in [0.05, 0.1) is 0 Å². The molecule has 0 spiro atoms. The van der Waals surface area contributed by atoms with Crippen molar-refractivity contribution in [2.75, 3.05) is 0 Å². The SMILES string of the molecule is C=C.C=CC.CC=CC=CCC. The van der Waals surface area contributed by atoms with E-state index >= 15 is 0 Å². The minimum Gasteiger partial charge on any atom is -0.106 e. The lowest BCUT2D eigenvalue weighted by Crippen LogP contribution is -1.48. The molecule has 0 heterocycles. The van der Waals surface area contributed by atoms with Crippen molar-refractivity contribution < 1.29 is 0 Å². The Morgan fingerprint density at radius 2 is 1.50 bits per heavy atom. The van der Waals surface area contributed by atoms with Crippen LogP contribution < -0.4 is 0 Å². The largest absolute Gasteiger partial charge is 0.106 e. The molecule has 0 fully saturated rings. The summed E-state index contributed by atoms with van der Waals surface area (Å²) in [6, 6.07) is 0. The molecule has 0 aliphatic carbocycles. The van der Waals surface area contributed by atoms with Gasteiger partial charge in [0.15, 0.2) is 0 Å². The highest BCUT2D eigenvalue weighted by Crippen LogP contribution is 1.79. The molecule has 70 valence electrons. The first-order chi connectivity index (χ1) is 5.83. The summed E-state index contributed by atoms with van der Waals surface area (Å²) in [7, 11) is 0. The second-order valence-electron chi connectivity index (χ2n) is 1.77. The van der Waals surface area contributed by atoms with Crippen LogP contribution in [0.3, 0.4) is 0 Å². The molecule has 0 aromatic rings. The second-order valence-corrected chi connectivity index (χ2v) is 1.77. The van der Waals surface area contributed by atoms with Gasteiger partial charge in [-0.15, -0.1) is 19.7 Å². The molecule has 0 N–H and O–H groups in total. The van der Waals surface area contributed by atoms with Crippen molar-refractivity contribution in [3.63, 3.8) is 0 Å². The van der Waals surface area contributed by atoms with E-state index in [9.17, 15) is 0 Å². The van der Waals surface area contributed by atoms with Gasteiger partial charge in [0.1, 0.15) is 0 Å². The minimum atomic E-state index is 1.13. The summed E-state index contributed by atoms with van der Waals surface area (Å²) in [6.45, 7) is 15.4. The maximum Gasteiger partial charge on any atom is -0.0376 e. The fraction of sp³-hybridized carbons (Fsp3) is 0.333. The summed E-state index contributed by atoms with van der Waals surface area (Å²) in [5.74, 6) is 0. The Morgan fingerprint density at radius 3 is 1.75 bits per heavy atom. The van der Waals surface area contributed by atoms with Crippen molar-refractivity contribution in [3.8, 4) is 0 Å². The third-order valence-electron chi connectivity index (χ3n) is 0.675. The van der Waals surface area contributed by atoms with Crippen molar-refractivity contribution in [2.45, 2.75) is 27.2 Å². The highest BCUT2D eigenvalue weighted by molar-refractivity contribution is 5.00. The maximum atomic E-state index is 3.36. The zero-order chi connectivity index (χ0) is 10.2. The van der Waals surface area contributed by atoms with E-state index in [1.54, 1.807) is 6.08 Å². The Morgan fingerprint density at radius 1 is 1.08 bits per heavy atom. The zero-order valence-electron chi connectivity index (χ0n) is 8.72. The first-order valence-electron chi connectivity index (χ1n) is 4.18. The van der Waals surface area contributed by atoms with E-state index in [0.29, 0.717) is 0 Å². The van der Waals surface area contributed by atoms with E-state index in [-0.39, 0.29) is 0 Å². The summed E-state index contributed by atoms with van der Waals surface area (Å²) in [4.78, 5) is 0. The molecule has 0 radical (unpaired) electrons. The van der Waals surface area contributed by atoms with Gasteiger partial charge in [-0.25, -0.2) is 0 Å². The molecule has 0 aromatic carbocycles. The van der Waals surface area contributed by atoms with E-state index in [2.05, 4.69) is 38.8 Å². The number of rotatable bonds is 2. The molecule has 0 aliphatic heterocycles. The quantitative estimate of drug-likeness (QED) is 0.418. The summed E-state index contributed by atoms with van der Waals surface area (Å²) in [6.07, 6.45) is 11.1. The van der Waals surface area contributed by atoms with Crippen LogP contribution in [0.1, 0.15) is 27.2 Å². The van der Waals surface area contributed by atoms with Crippen LogP contribution in [0.4, 0.5) is 0 Å². The molecule has 12 heavy (non-hydrogen) atoms. The topological polar surface area (TPSA) is 0 Å². The summed E-state index contributed by atoms with van der Waals surface area (Å²) >= 11 is 0. The molecular formula is C12H22. The average Bonchev–Trinajstić information content (AvgIpc) is 2.11. The minimum absolute atomic E-state index is 1.13. The van der Waals surface area contributed by atoms with Gasteiger partial charge in [0.25, 0.3) is 0 Å². The molecule has 0 saturated heterocycles. The Balaban J connectivity index is -0.000000137. The Bertz CT molecular complexity index is 107. The zero-order valence-corrected chi connectivity index (χ0v) is 8.72. The van der Waals surface area contributed by atoms with Crippen molar-refractivity contribution in [1.82, 2.24) is 0 Å². The third-order valence-corrected chi connectivity index (χ3v) is 0.675. The molecule has 0 amide bonds. The first kappa shape index (κ1) is 17.2. The first-order valence-corrected chi connectivity index (χ1v) is 4.18. The molecule has 0 heteroatoms. The van der Waals surface area contributed by atoms with Gasteiger partial charge in [-0.05, 0) is 20.3 Å². The van der Waals surface area contributed by atoms with Gasteiger partial charge in [-0.1, -0.05) is 37.3 Å². The van der Waals surface area contributed by atoms with Crippen LogP contribution in [0.25, 0.3) is 0 Å². The van der Waals surface area contributed by atoms with Crippen molar-refractivity contribution >= 4 is 0 Å². The Kier molecular flexibility index (Phi) is 46.5. The van der Waals surface area contributed by atoms with Crippen molar-refractivity contribution in [3.05, 3.63) is 50.1 Å². The second kappa shape index (κ2) is 32.5.